The molecule has 3 N–H and O–H groups in total. The van der Waals surface area contributed by atoms with Crippen molar-refractivity contribution in [3.63, 3.8) is 0 Å². The number of amides is 4. The third-order valence-corrected chi connectivity index (χ3v) is 16.6. The molecule has 388 valence electrons. The van der Waals surface area contributed by atoms with Crippen LogP contribution in [0.1, 0.15) is 105 Å². The summed E-state index contributed by atoms with van der Waals surface area (Å²) < 4.78 is 23.1. The molecule has 16 nitrogen and oxygen atoms in total. The van der Waals surface area contributed by atoms with Gasteiger partial charge < -0.3 is 34.1 Å². The van der Waals surface area contributed by atoms with Crippen LogP contribution in [0.25, 0.3) is 33.3 Å². The standard InChI is InChI=1S/C55H74N8O8S/c1-12-34-20-21-56-29-41(34)48-40-28-55(8,9)31-71-53(69)42-15-14-22-62(58-42)51(67)43(25-33-23-37(26-38(64)24-33)36-18-19-44(39(40)27-36)61(48)13-2)57-50(66)46(32(3)4)60(11)45(65)30-59(10)52(68)49-47(35-16-17-35)63(49)72(70)54(5,6)7/h18-21,23-24,26-27,29,32,35,42-43,46-47,49,58,64H,12-17,22,25,28,30-31H2,1-11H3,(H,57,66)/t42-,43-,46-,47-,49-,63?,72-/m0/s1. The van der Waals surface area contributed by atoms with Gasteiger partial charge in [-0.25, -0.2) is 5.43 Å². The van der Waals surface area contributed by atoms with Crippen LogP contribution in [0.15, 0.2) is 54.9 Å². The zero-order valence-corrected chi connectivity index (χ0v) is 44.7. The largest absolute Gasteiger partial charge is 0.597 e. The van der Waals surface area contributed by atoms with Gasteiger partial charge >= 0.3 is 5.97 Å². The van der Waals surface area contributed by atoms with Gasteiger partial charge in [-0.1, -0.05) is 46.8 Å². The molecule has 5 heterocycles. The SMILES string of the molecule is CCc1ccncc1-c1c2c3cc(ccc3n1CC)-c1cc(O)cc(c1)C[C@H](NC(=O)[C@H](C(C)C)N(C)C(=O)CN(C)C(=O)[C@@H]1[C@H](C3CC3)N1[S@@+]([O-])C(C)(C)C)C(=O)N1CCC[C@H](N1)C(=O)OCC(C)(C)C2. The van der Waals surface area contributed by atoms with E-state index in [4.69, 9.17) is 4.74 Å². The fourth-order valence-electron chi connectivity index (χ4n) is 10.8. The summed E-state index contributed by atoms with van der Waals surface area (Å²) in [5.74, 6) is -2.46. The molecule has 0 spiro atoms. The number of fused-ring (bicyclic) bond motifs is 6. The van der Waals surface area contributed by atoms with E-state index in [2.05, 4.69) is 66.2 Å². The molecule has 1 unspecified atom stereocenters. The topological polar surface area (TPSA) is 192 Å². The van der Waals surface area contributed by atoms with Crippen molar-refractivity contribution < 1.29 is 38.4 Å². The van der Waals surface area contributed by atoms with Crippen LogP contribution in [0.5, 0.6) is 5.75 Å². The van der Waals surface area contributed by atoms with E-state index >= 15 is 0 Å². The van der Waals surface area contributed by atoms with Crippen LogP contribution in [0.4, 0.5) is 0 Å². The molecule has 7 atom stereocenters. The lowest BCUT2D eigenvalue weighted by Gasteiger charge is -2.37. The van der Waals surface area contributed by atoms with Crippen molar-refractivity contribution in [1.82, 2.24) is 39.4 Å². The fourth-order valence-corrected chi connectivity index (χ4v) is 12.3. The Morgan fingerprint density at radius 2 is 1.78 bits per heavy atom. The Kier molecular flexibility index (Phi) is 15.3. The number of phenols is 1. The number of rotatable bonds is 12. The molecule has 1 aliphatic carbocycles. The van der Waals surface area contributed by atoms with Gasteiger partial charge in [-0.15, -0.1) is 4.31 Å². The summed E-state index contributed by atoms with van der Waals surface area (Å²) in [6, 6.07) is 9.75. The first-order valence-electron chi connectivity index (χ1n) is 25.7. The molecular weight excluding hydrogens is 933 g/mol. The highest BCUT2D eigenvalue weighted by atomic mass is 32.2. The number of likely N-dealkylation sites (N-methyl/N-ethyl adjacent to an activating group) is 2. The lowest BCUT2D eigenvalue weighted by Crippen LogP contribution is -2.62. The lowest BCUT2D eigenvalue weighted by molar-refractivity contribution is -0.155. The minimum absolute atomic E-state index is 0.0176. The predicted molar refractivity (Wildman–Crippen MR) is 278 cm³/mol. The van der Waals surface area contributed by atoms with Crippen molar-refractivity contribution >= 4 is 51.9 Å². The summed E-state index contributed by atoms with van der Waals surface area (Å²) in [6.45, 7) is 18.5. The smallest absolute Gasteiger partial charge is 0.324 e. The van der Waals surface area contributed by atoms with E-state index in [9.17, 15) is 33.6 Å². The molecular formula is C55H74N8O8S. The van der Waals surface area contributed by atoms with Gasteiger partial charge in [0.15, 0.2) is 6.04 Å². The number of esters is 1. The maximum atomic E-state index is 14.8. The van der Waals surface area contributed by atoms with Crippen molar-refractivity contribution in [1.29, 1.82) is 0 Å². The number of ether oxygens (including phenoxy) is 1. The number of hydrogen-bond acceptors (Lipinski definition) is 11. The minimum Gasteiger partial charge on any atom is -0.597 e. The molecule has 72 heavy (non-hydrogen) atoms. The number of benzene rings is 2. The van der Waals surface area contributed by atoms with Crippen LogP contribution in [0.2, 0.25) is 0 Å². The predicted octanol–water partition coefficient (Wildman–Crippen LogP) is 6.17. The first-order valence-corrected chi connectivity index (χ1v) is 26.8. The van der Waals surface area contributed by atoms with Crippen LogP contribution in [-0.4, -0.2) is 137 Å². The zero-order chi connectivity index (χ0) is 52.1. The third-order valence-electron chi connectivity index (χ3n) is 14.7. The van der Waals surface area contributed by atoms with Crippen molar-refractivity contribution in [2.45, 2.75) is 149 Å². The van der Waals surface area contributed by atoms with Gasteiger partial charge in [0.2, 0.25) is 17.7 Å². The summed E-state index contributed by atoms with van der Waals surface area (Å²) in [4.78, 5) is 78.7. The van der Waals surface area contributed by atoms with Crippen LogP contribution >= 0.6 is 0 Å². The quantitative estimate of drug-likeness (QED) is 0.0835. The molecule has 2 aromatic carbocycles. The van der Waals surface area contributed by atoms with Gasteiger partial charge in [0.1, 0.15) is 28.6 Å². The van der Waals surface area contributed by atoms with Gasteiger partial charge in [0, 0.05) is 79.2 Å². The van der Waals surface area contributed by atoms with Crippen molar-refractivity contribution in [3.8, 4) is 28.1 Å². The van der Waals surface area contributed by atoms with E-state index in [1.165, 1.54) is 27.4 Å². The second-order valence-corrected chi connectivity index (χ2v) is 24.6. The van der Waals surface area contributed by atoms with Gasteiger partial charge in [-0.3, -0.25) is 34.0 Å². The summed E-state index contributed by atoms with van der Waals surface area (Å²) >= 11 is -1.39. The van der Waals surface area contributed by atoms with E-state index in [-0.39, 0.29) is 43.8 Å². The molecule has 2 saturated heterocycles. The number of hydrazine groups is 1. The number of nitrogens with zero attached hydrogens (tertiary/aromatic N) is 6. The number of carbonyl (C=O) groups is 5. The lowest BCUT2D eigenvalue weighted by atomic mass is 9.84. The minimum atomic E-state index is -1.39. The second-order valence-electron chi connectivity index (χ2n) is 22.5. The monoisotopic (exact) mass is 1010 g/mol. The maximum absolute atomic E-state index is 14.8. The summed E-state index contributed by atoms with van der Waals surface area (Å²) in [7, 11) is 3.07. The Morgan fingerprint density at radius 3 is 2.44 bits per heavy atom. The first kappa shape index (κ1) is 52.8. The van der Waals surface area contributed by atoms with Gasteiger partial charge in [-0.05, 0) is 136 Å². The molecule has 3 fully saturated rings. The highest BCUT2D eigenvalue weighted by Gasteiger charge is 2.67. The Hall–Kier alpha value is -5.49. The van der Waals surface area contributed by atoms with Crippen LogP contribution in [-0.2, 0) is 65.9 Å². The van der Waals surface area contributed by atoms with E-state index < -0.39 is 75.3 Å². The van der Waals surface area contributed by atoms with Crippen molar-refractivity contribution in [3.05, 3.63) is 71.5 Å². The molecule has 17 heteroatoms. The average Bonchev–Trinajstić information content (AvgIpc) is 4.27. The number of phenolic OH excluding ortho intramolecular Hbond substituents is 1. The average molecular weight is 1010 g/mol. The number of hydrogen-bond donors (Lipinski definition) is 3. The fraction of sp³-hybridized carbons (Fsp3) is 0.564. The number of cyclic esters (lactones) is 1. The van der Waals surface area contributed by atoms with Crippen LogP contribution in [0, 0.1) is 17.3 Å². The van der Waals surface area contributed by atoms with Crippen LogP contribution in [0.3, 0.4) is 0 Å². The number of aromatic hydroxyl groups is 1. The number of carbonyl (C=O) groups excluding carboxylic acids is 5. The third kappa shape index (κ3) is 10.9. The molecule has 2 aromatic heterocycles. The Labute approximate surface area is 427 Å². The number of nitrogens with one attached hydrogen (secondary N) is 2. The molecule has 4 aromatic rings. The molecule has 1 saturated carbocycles. The van der Waals surface area contributed by atoms with Crippen molar-refractivity contribution in [2.24, 2.45) is 17.3 Å². The summed E-state index contributed by atoms with van der Waals surface area (Å²) in [6.07, 6.45) is 7.97. The number of aryl methyl sites for hydroxylation is 2. The molecule has 3 aliphatic heterocycles. The highest BCUT2D eigenvalue weighted by molar-refractivity contribution is 7.90. The normalized spacial score (nSPS) is 23.2. The molecule has 6 bridgehead atoms. The second kappa shape index (κ2) is 20.8. The van der Waals surface area contributed by atoms with E-state index in [1.807, 2.05) is 59.1 Å². The van der Waals surface area contributed by atoms with Gasteiger partial charge in [0.25, 0.3) is 5.91 Å². The summed E-state index contributed by atoms with van der Waals surface area (Å²) in [5, 5.41) is 16.8. The van der Waals surface area contributed by atoms with E-state index in [1.54, 1.807) is 23.5 Å². The highest BCUT2D eigenvalue weighted by Crippen LogP contribution is 2.51. The molecule has 0 radical (unpaired) electrons. The number of pyridine rings is 1. The van der Waals surface area contributed by atoms with Crippen LogP contribution < -0.4 is 10.7 Å². The Bertz CT molecular complexity index is 2730. The van der Waals surface area contributed by atoms with Crippen molar-refractivity contribution in [2.75, 3.05) is 33.8 Å². The first-order chi connectivity index (χ1) is 34.0. The zero-order valence-electron chi connectivity index (χ0n) is 43.9. The Morgan fingerprint density at radius 1 is 1.04 bits per heavy atom. The van der Waals surface area contributed by atoms with E-state index in [0.717, 1.165) is 52.5 Å². The molecule has 8 rings (SSSR count). The maximum Gasteiger partial charge on any atom is 0.324 e. The molecule has 4 amide bonds. The van der Waals surface area contributed by atoms with Gasteiger partial charge in [-0.2, -0.15) is 0 Å². The molecule has 4 aliphatic rings. The Balaban J connectivity index is 1.11. The van der Waals surface area contributed by atoms with Gasteiger partial charge in [0.05, 0.1) is 24.9 Å². The van der Waals surface area contributed by atoms with E-state index in [0.29, 0.717) is 42.9 Å². The summed E-state index contributed by atoms with van der Waals surface area (Å²) in [5.41, 5.74) is 10.1. The number of aromatic nitrogens is 2.